The molecule has 1 aromatic rings. The molecule has 110 valence electrons. The lowest BCUT2D eigenvalue weighted by atomic mass is 10.1. The molecule has 1 aliphatic heterocycles. The van der Waals surface area contributed by atoms with Gasteiger partial charge in [0, 0.05) is 23.4 Å². The van der Waals surface area contributed by atoms with Gasteiger partial charge in [-0.3, -0.25) is 10.1 Å². The zero-order valence-electron chi connectivity index (χ0n) is 11.5. The predicted octanol–water partition coefficient (Wildman–Crippen LogP) is 2.54. The Hall–Kier alpha value is -1.14. The Labute approximate surface area is 121 Å². The first-order chi connectivity index (χ1) is 9.58. The standard InChI is InChI=1S/C14H18F2N2OS/c1-3-10(8-20-2)18-13(19)7-17-14(18)11-5-4-9(15)6-12(11)16/h4-6,10,14,17H,3,7-8H2,1-2H3. The first kappa shape index (κ1) is 15.3. The van der Waals surface area contributed by atoms with Crippen LogP contribution in [0.25, 0.3) is 0 Å². The number of thioether (sulfide) groups is 1. The average Bonchev–Trinajstić information content (AvgIpc) is 2.78. The molecular weight excluding hydrogens is 282 g/mol. The van der Waals surface area contributed by atoms with E-state index in [1.165, 1.54) is 12.1 Å². The Morgan fingerprint density at radius 3 is 2.85 bits per heavy atom. The van der Waals surface area contributed by atoms with Crippen LogP contribution in [0.1, 0.15) is 25.1 Å². The lowest BCUT2D eigenvalue weighted by Crippen LogP contribution is -2.41. The summed E-state index contributed by atoms with van der Waals surface area (Å²) in [5, 5.41) is 3.01. The summed E-state index contributed by atoms with van der Waals surface area (Å²) < 4.78 is 26.9. The Balaban J connectivity index is 2.31. The van der Waals surface area contributed by atoms with E-state index in [1.54, 1.807) is 16.7 Å². The van der Waals surface area contributed by atoms with Crippen molar-refractivity contribution in [3.63, 3.8) is 0 Å². The molecule has 0 aromatic heterocycles. The lowest BCUT2D eigenvalue weighted by molar-refractivity contribution is -0.130. The van der Waals surface area contributed by atoms with Gasteiger partial charge < -0.3 is 4.90 Å². The molecule has 0 bridgehead atoms. The second kappa shape index (κ2) is 6.54. The summed E-state index contributed by atoms with van der Waals surface area (Å²) >= 11 is 1.65. The second-order valence-electron chi connectivity index (χ2n) is 4.77. The third kappa shape index (κ3) is 2.96. The van der Waals surface area contributed by atoms with Crippen molar-refractivity contribution in [1.82, 2.24) is 10.2 Å². The van der Waals surface area contributed by atoms with Crippen LogP contribution in [0.4, 0.5) is 8.78 Å². The van der Waals surface area contributed by atoms with Crippen molar-refractivity contribution in [1.29, 1.82) is 0 Å². The molecular formula is C14H18F2N2OS. The molecule has 1 saturated heterocycles. The largest absolute Gasteiger partial charge is 0.318 e. The van der Waals surface area contributed by atoms with Gasteiger partial charge >= 0.3 is 0 Å². The van der Waals surface area contributed by atoms with Gasteiger partial charge in [0.05, 0.1) is 6.54 Å². The van der Waals surface area contributed by atoms with E-state index < -0.39 is 17.8 Å². The van der Waals surface area contributed by atoms with Crippen molar-refractivity contribution in [3.8, 4) is 0 Å². The molecule has 0 aliphatic carbocycles. The third-order valence-corrected chi connectivity index (χ3v) is 4.21. The number of carbonyl (C=O) groups excluding carboxylic acids is 1. The van der Waals surface area contributed by atoms with Crippen LogP contribution in [0.5, 0.6) is 0 Å². The van der Waals surface area contributed by atoms with Crippen LogP contribution in [0.3, 0.4) is 0 Å². The fraction of sp³-hybridized carbons (Fsp3) is 0.500. The number of benzene rings is 1. The smallest absolute Gasteiger partial charge is 0.238 e. The van der Waals surface area contributed by atoms with Crippen LogP contribution >= 0.6 is 11.8 Å². The minimum atomic E-state index is -0.624. The number of rotatable bonds is 5. The first-order valence-electron chi connectivity index (χ1n) is 6.57. The topological polar surface area (TPSA) is 32.3 Å². The number of hydrogen-bond acceptors (Lipinski definition) is 3. The molecule has 1 aliphatic rings. The SMILES string of the molecule is CCC(CSC)N1C(=O)CNC1c1ccc(F)cc1F. The van der Waals surface area contributed by atoms with E-state index in [-0.39, 0.29) is 18.5 Å². The number of halogens is 2. The molecule has 3 nitrogen and oxygen atoms in total. The van der Waals surface area contributed by atoms with E-state index in [0.29, 0.717) is 5.56 Å². The highest BCUT2D eigenvalue weighted by Crippen LogP contribution is 2.29. The fourth-order valence-corrected chi connectivity index (χ4v) is 3.28. The number of hydrogen-bond donors (Lipinski definition) is 1. The van der Waals surface area contributed by atoms with Gasteiger partial charge in [-0.25, -0.2) is 8.78 Å². The fourth-order valence-electron chi connectivity index (χ4n) is 2.50. The van der Waals surface area contributed by atoms with E-state index >= 15 is 0 Å². The van der Waals surface area contributed by atoms with Gasteiger partial charge in [-0.15, -0.1) is 0 Å². The number of amides is 1. The lowest BCUT2D eigenvalue weighted by Gasteiger charge is -2.32. The third-order valence-electron chi connectivity index (χ3n) is 3.49. The van der Waals surface area contributed by atoms with Crippen LogP contribution in [0.15, 0.2) is 18.2 Å². The van der Waals surface area contributed by atoms with Crippen molar-refractivity contribution in [2.45, 2.75) is 25.6 Å². The van der Waals surface area contributed by atoms with Crippen molar-refractivity contribution in [2.24, 2.45) is 0 Å². The van der Waals surface area contributed by atoms with E-state index in [4.69, 9.17) is 0 Å². The molecule has 1 N–H and O–H groups in total. The van der Waals surface area contributed by atoms with Crippen LogP contribution < -0.4 is 5.32 Å². The maximum Gasteiger partial charge on any atom is 0.238 e. The second-order valence-corrected chi connectivity index (χ2v) is 5.68. The van der Waals surface area contributed by atoms with Gasteiger partial charge in [-0.05, 0) is 24.8 Å². The van der Waals surface area contributed by atoms with Crippen molar-refractivity contribution >= 4 is 17.7 Å². The highest BCUT2D eigenvalue weighted by Gasteiger charge is 2.37. The van der Waals surface area contributed by atoms with Gasteiger partial charge in [0.15, 0.2) is 0 Å². The molecule has 2 rings (SSSR count). The molecule has 20 heavy (non-hydrogen) atoms. The summed E-state index contributed by atoms with van der Waals surface area (Å²) in [5.74, 6) is -0.484. The summed E-state index contributed by atoms with van der Waals surface area (Å²) in [4.78, 5) is 13.8. The van der Waals surface area contributed by atoms with Gasteiger partial charge in [0.25, 0.3) is 0 Å². The Morgan fingerprint density at radius 1 is 1.50 bits per heavy atom. The number of nitrogens with zero attached hydrogens (tertiary/aromatic N) is 1. The molecule has 6 heteroatoms. The normalized spacial score (nSPS) is 20.5. The van der Waals surface area contributed by atoms with E-state index in [1.807, 2.05) is 13.2 Å². The molecule has 0 spiro atoms. The summed E-state index contributed by atoms with van der Waals surface area (Å²) in [6.45, 7) is 2.19. The minimum absolute atomic E-state index is 0.0420. The van der Waals surface area contributed by atoms with Crippen molar-refractivity contribution < 1.29 is 13.6 Å². The molecule has 0 saturated carbocycles. The summed E-state index contributed by atoms with van der Waals surface area (Å²) in [6.07, 6.45) is 2.26. The Morgan fingerprint density at radius 2 is 2.25 bits per heavy atom. The zero-order chi connectivity index (χ0) is 14.7. The van der Waals surface area contributed by atoms with Crippen LogP contribution in [0.2, 0.25) is 0 Å². The first-order valence-corrected chi connectivity index (χ1v) is 7.96. The van der Waals surface area contributed by atoms with E-state index in [0.717, 1.165) is 18.2 Å². The van der Waals surface area contributed by atoms with Crippen LogP contribution in [-0.2, 0) is 4.79 Å². The van der Waals surface area contributed by atoms with Gasteiger partial charge in [-0.2, -0.15) is 11.8 Å². The average molecular weight is 300 g/mol. The number of nitrogens with one attached hydrogen (secondary N) is 1. The monoisotopic (exact) mass is 300 g/mol. The molecule has 1 aromatic carbocycles. The molecule has 2 atom stereocenters. The molecule has 2 unspecified atom stereocenters. The van der Waals surface area contributed by atoms with E-state index in [2.05, 4.69) is 5.32 Å². The van der Waals surface area contributed by atoms with Gasteiger partial charge in [-0.1, -0.05) is 6.92 Å². The quantitative estimate of drug-likeness (QED) is 0.907. The number of carbonyl (C=O) groups is 1. The molecule has 1 amide bonds. The minimum Gasteiger partial charge on any atom is -0.318 e. The molecule has 1 fully saturated rings. The Kier molecular flexibility index (Phi) is 4.99. The molecule has 1 heterocycles. The predicted molar refractivity (Wildman–Crippen MR) is 76.4 cm³/mol. The highest BCUT2D eigenvalue weighted by atomic mass is 32.2. The van der Waals surface area contributed by atoms with E-state index in [9.17, 15) is 13.6 Å². The van der Waals surface area contributed by atoms with Gasteiger partial charge in [0.2, 0.25) is 5.91 Å². The van der Waals surface area contributed by atoms with Crippen molar-refractivity contribution in [2.75, 3.05) is 18.6 Å². The molecule has 0 radical (unpaired) electrons. The summed E-state index contributed by atoms with van der Waals surface area (Å²) in [6, 6.07) is 3.52. The van der Waals surface area contributed by atoms with Crippen molar-refractivity contribution in [3.05, 3.63) is 35.4 Å². The maximum absolute atomic E-state index is 13.9. The Bertz CT molecular complexity index is 498. The van der Waals surface area contributed by atoms with Gasteiger partial charge in [0.1, 0.15) is 17.8 Å². The zero-order valence-corrected chi connectivity index (χ0v) is 12.3. The van der Waals surface area contributed by atoms with Crippen LogP contribution in [0, 0.1) is 11.6 Å². The maximum atomic E-state index is 13.9. The highest BCUT2D eigenvalue weighted by molar-refractivity contribution is 7.98. The summed E-state index contributed by atoms with van der Waals surface area (Å²) in [7, 11) is 0. The summed E-state index contributed by atoms with van der Waals surface area (Å²) in [5.41, 5.74) is 0.316. The van der Waals surface area contributed by atoms with Crippen LogP contribution in [-0.4, -0.2) is 35.4 Å².